The Bertz CT molecular complexity index is 1210. The number of ketones is 1. The van der Waals surface area contributed by atoms with E-state index in [2.05, 4.69) is 15.0 Å². The van der Waals surface area contributed by atoms with E-state index < -0.39 is 23.1 Å². The molecule has 2 aromatic carbocycles. The summed E-state index contributed by atoms with van der Waals surface area (Å²) in [6, 6.07) is 18.9. The van der Waals surface area contributed by atoms with Crippen LogP contribution in [0.1, 0.15) is 34.1 Å². The van der Waals surface area contributed by atoms with Crippen molar-refractivity contribution in [3.63, 3.8) is 0 Å². The molecule has 0 aliphatic rings. The zero-order chi connectivity index (χ0) is 21.8. The van der Waals surface area contributed by atoms with Crippen molar-refractivity contribution in [3.05, 3.63) is 89.9 Å². The number of pyridine rings is 1. The van der Waals surface area contributed by atoms with Crippen LogP contribution in [0.5, 0.6) is 0 Å². The van der Waals surface area contributed by atoms with Gasteiger partial charge >= 0.3 is 5.97 Å². The van der Waals surface area contributed by atoms with Gasteiger partial charge in [0.15, 0.2) is 17.4 Å². The standard InChI is InChI=1S/C23H19N3O4S/c27-20(15-6-2-1-3-7-15)13-17(23(28)29)16-9-10-18-19(12-16)26-21(25-18)14-31(30)22-8-4-5-11-24-22/h1-12,17H,13-14H2,(H,25,26)(H,28,29). The predicted molar refractivity (Wildman–Crippen MR) is 116 cm³/mol. The van der Waals surface area contributed by atoms with Gasteiger partial charge in [-0.2, -0.15) is 0 Å². The zero-order valence-corrected chi connectivity index (χ0v) is 17.2. The molecule has 156 valence electrons. The van der Waals surface area contributed by atoms with Crippen LogP contribution in [0, 0.1) is 0 Å². The highest BCUT2D eigenvalue weighted by molar-refractivity contribution is 7.90. The molecule has 8 heteroatoms. The number of Topliss-reactive ketones (excluding diaryl/α,β-unsaturated/α-hetero) is 1. The molecule has 2 heterocycles. The number of rotatable bonds is 8. The van der Waals surface area contributed by atoms with Gasteiger partial charge in [-0.05, 0) is 23.8 Å². The highest BCUT2D eigenvalue weighted by atomic mass is 32.2. The van der Waals surface area contributed by atoms with E-state index in [4.69, 9.17) is 0 Å². The van der Waals surface area contributed by atoms with Crippen molar-refractivity contribution in [1.29, 1.82) is 0 Å². The molecule has 0 radical (unpaired) electrons. The van der Waals surface area contributed by atoms with Gasteiger partial charge in [0.1, 0.15) is 0 Å². The third-order valence-corrected chi connectivity index (χ3v) is 6.12. The number of nitrogens with zero attached hydrogens (tertiary/aromatic N) is 2. The van der Waals surface area contributed by atoms with Crippen molar-refractivity contribution in [2.45, 2.75) is 23.1 Å². The molecule has 4 aromatic rings. The number of hydrogen-bond donors (Lipinski definition) is 2. The first-order chi connectivity index (χ1) is 15.0. The number of carbonyl (C=O) groups excluding carboxylic acids is 1. The molecule has 0 aliphatic carbocycles. The molecule has 2 N–H and O–H groups in total. The summed E-state index contributed by atoms with van der Waals surface area (Å²) in [6.07, 6.45) is 1.44. The number of hydrogen-bond acceptors (Lipinski definition) is 5. The van der Waals surface area contributed by atoms with Crippen LogP contribution < -0.4 is 0 Å². The number of imidazole rings is 1. The summed E-state index contributed by atoms with van der Waals surface area (Å²) in [5.41, 5.74) is 2.25. The first-order valence-electron chi connectivity index (χ1n) is 9.60. The molecule has 2 atom stereocenters. The molecule has 7 nitrogen and oxygen atoms in total. The minimum atomic E-state index is -1.36. The molecule has 4 rings (SSSR count). The molecule has 0 spiro atoms. The van der Waals surface area contributed by atoms with Crippen molar-refractivity contribution < 1.29 is 19.2 Å². The van der Waals surface area contributed by atoms with Crippen molar-refractivity contribution in [2.75, 3.05) is 0 Å². The van der Waals surface area contributed by atoms with Gasteiger partial charge in [0, 0.05) is 35.4 Å². The normalized spacial score (nSPS) is 13.1. The van der Waals surface area contributed by atoms with Crippen molar-refractivity contribution in [3.8, 4) is 0 Å². The van der Waals surface area contributed by atoms with Gasteiger partial charge in [0.25, 0.3) is 0 Å². The molecule has 31 heavy (non-hydrogen) atoms. The average molecular weight is 433 g/mol. The Hall–Kier alpha value is -3.49. The molecule has 0 saturated heterocycles. The maximum atomic E-state index is 12.5. The quantitative estimate of drug-likeness (QED) is 0.323. The van der Waals surface area contributed by atoms with E-state index in [0.29, 0.717) is 33.0 Å². The lowest BCUT2D eigenvalue weighted by Crippen LogP contribution is -2.16. The first-order valence-corrected chi connectivity index (χ1v) is 10.9. The number of carboxylic acids is 1. The SMILES string of the molecule is O=C(CC(C(=O)O)c1ccc2nc(C[S+]([O-])c3ccccn3)[nH]c2c1)c1ccccc1. The van der Waals surface area contributed by atoms with Gasteiger partial charge in [-0.15, -0.1) is 0 Å². The number of carbonyl (C=O) groups is 2. The maximum Gasteiger partial charge on any atom is 0.311 e. The Morgan fingerprint density at radius 3 is 2.55 bits per heavy atom. The van der Waals surface area contributed by atoms with Gasteiger partial charge in [-0.3, -0.25) is 9.59 Å². The molecule has 0 aliphatic heterocycles. The number of carboxylic acid groups (broad SMARTS) is 1. The fourth-order valence-electron chi connectivity index (χ4n) is 3.32. The van der Waals surface area contributed by atoms with E-state index in [1.807, 2.05) is 0 Å². The fraction of sp³-hybridized carbons (Fsp3) is 0.130. The number of benzene rings is 2. The molecule has 0 saturated carbocycles. The van der Waals surface area contributed by atoms with Gasteiger partial charge in [-0.1, -0.05) is 42.5 Å². The van der Waals surface area contributed by atoms with E-state index in [0.717, 1.165) is 0 Å². The van der Waals surface area contributed by atoms with Crippen molar-refractivity contribution in [2.24, 2.45) is 0 Å². The van der Waals surface area contributed by atoms with Gasteiger partial charge < -0.3 is 14.6 Å². The largest absolute Gasteiger partial charge is 0.610 e. The van der Waals surface area contributed by atoms with Crippen LogP contribution in [0.25, 0.3) is 11.0 Å². The summed E-state index contributed by atoms with van der Waals surface area (Å²) in [6.45, 7) is 0. The Kier molecular flexibility index (Phi) is 6.11. The lowest BCUT2D eigenvalue weighted by molar-refractivity contribution is -0.138. The predicted octanol–water partition coefficient (Wildman–Crippen LogP) is 3.71. The summed E-state index contributed by atoms with van der Waals surface area (Å²) in [5.74, 6) is -1.60. The molecule has 0 amide bonds. The van der Waals surface area contributed by atoms with E-state index in [-0.39, 0.29) is 18.0 Å². The number of aromatic nitrogens is 3. The number of fused-ring (bicyclic) bond motifs is 1. The highest BCUT2D eigenvalue weighted by Crippen LogP contribution is 2.26. The van der Waals surface area contributed by atoms with Crippen LogP contribution in [0.3, 0.4) is 0 Å². The zero-order valence-electron chi connectivity index (χ0n) is 16.4. The fourth-order valence-corrected chi connectivity index (χ4v) is 4.26. The lowest BCUT2D eigenvalue weighted by Gasteiger charge is -2.12. The summed E-state index contributed by atoms with van der Waals surface area (Å²) >= 11 is -1.36. The van der Waals surface area contributed by atoms with Crippen LogP contribution >= 0.6 is 0 Å². The summed E-state index contributed by atoms with van der Waals surface area (Å²) in [7, 11) is 0. The lowest BCUT2D eigenvalue weighted by atomic mass is 9.91. The van der Waals surface area contributed by atoms with Gasteiger partial charge in [0.05, 0.1) is 17.0 Å². The van der Waals surface area contributed by atoms with E-state index >= 15 is 0 Å². The van der Waals surface area contributed by atoms with Gasteiger partial charge in [-0.25, -0.2) is 9.97 Å². The van der Waals surface area contributed by atoms with E-state index in [1.54, 1.807) is 72.9 Å². The maximum absolute atomic E-state index is 12.5. The van der Waals surface area contributed by atoms with Crippen molar-refractivity contribution >= 4 is 34.0 Å². The number of aliphatic carboxylic acids is 1. The Morgan fingerprint density at radius 2 is 1.84 bits per heavy atom. The summed E-state index contributed by atoms with van der Waals surface area (Å²) in [5, 5.41) is 10.2. The third-order valence-electron chi connectivity index (χ3n) is 4.88. The van der Waals surface area contributed by atoms with Crippen LogP contribution in [-0.2, 0) is 21.7 Å². The highest BCUT2D eigenvalue weighted by Gasteiger charge is 2.25. The van der Waals surface area contributed by atoms with E-state index in [9.17, 15) is 19.2 Å². The molecule has 2 unspecified atom stereocenters. The van der Waals surface area contributed by atoms with Crippen LogP contribution in [-0.4, -0.2) is 36.4 Å². The number of aromatic amines is 1. The number of H-pyrrole nitrogens is 1. The Balaban J connectivity index is 1.55. The summed E-state index contributed by atoms with van der Waals surface area (Å²) in [4.78, 5) is 36.1. The second-order valence-electron chi connectivity index (χ2n) is 7.00. The van der Waals surface area contributed by atoms with E-state index in [1.165, 1.54) is 0 Å². The second kappa shape index (κ2) is 9.11. The molecule has 0 bridgehead atoms. The first kappa shape index (κ1) is 20.8. The van der Waals surface area contributed by atoms with Crippen LogP contribution in [0.2, 0.25) is 0 Å². The Morgan fingerprint density at radius 1 is 1.06 bits per heavy atom. The smallest absolute Gasteiger partial charge is 0.311 e. The number of nitrogens with one attached hydrogen (secondary N) is 1. The molecular formula is C23H19N3O4S. The van der Waals surface area contributed by atoms with Crippen LogP contribution in [0.4, 0.5) is 0 Å². The minimum Gasteiger partial charge on any atom is -0.610 e. The monoisotopic (exact) mass is 433 g/mol. The summed E-state index contributed by atoms with van der Waals surface area (Å²) < 4.78 is 12.5. The molecular weight excluding hydrogens is 414 g/mol. The minimum absolute atomic E-state index is 0.143. The van der Waals surface area contributed by atoms with Crippen molar-refractivity contribution in [1.82, 2.24) is 15.0 Å². The molecule has 0 fully saturated rings. The third kappa shape index (κ3) is 4.82. The second-order valence-corrected chi connectivity index (χ2v) is 8.40. The Labute approximate surface area is 181 Å². The molecule has 2 aromatic heterocycles. The average Bonchev–Trinajstić information content (AvgIpc) is 3.19. The van der Waals surface area contributed by atoms with Crippen LogP contribution in [0.15, 0.2) is 78.0 Å². The van der Waals surface area contributed by atoms with Gasteiger partial charge in [0.2, 0.25) is 5.03 Å². The topological polar surface area (TPSA) is 119 Å².